The molecule has 140 valence electrons. The highest BCUT2D eigenvalue weighted by atomic mass is 35.5. The van der Waals surface area contributed by atoms with Gasteiger partial charge in [-0.25, -0.2) is 0 Å². The number of likely N-dealkylation sites (N-methyl/N-ethyl adjacent to an activating group) is 1. The Morgan fingerprint density at radius 1 is 1.28 bits per heavy atom. The van der Waals surface area contributed by atoms with Crippen LogP contribution in [-0.4, -0.2) is 41.9 Å². The van der Waals surface area contributed by atoms with E-state index in [2.05, 4.69) is 5.32 Å². The van der Waals surface area contributed by atoms with Gasteiger partial charge in [0.25, 0.3) is 0 Å². The summed E-state index contributed by atoms with van der Waals surface area (Å²) in [5.74, 6) is 0.590. The molecule has 0 bridgehead atoms. The number of aryl methyl sites for hydroxylation is 1. The monoisotopic (exact) mass is 368 g/mol. The molecule has 1 N–H and O–H groups in total. The first-order valence-electron chi connectivity index (χ1n) is 8.60. The predicted octanol–water partition coefficient (Wildman–Crippen LogP) is 3.57. The van der Waals surface area contributed by atoms with E-state index in [9.17, 15) is 9.59 Å². The molecule has 5 nitrogen and oxygen atoms in total. The van der Waals surface area contributed by atoms with Gasteiger partial charge in [-0.2, -0.15) is 0 Å². The maximum absolute atomic E-state index is 12.3. The van der Waals surface area contributed by atoms with Gasteiger partial charge in [0.15, 0.2) is 0 Å². The number of ether oxygens (including phenoxy) is 1. The molecule has 25 heavy (non-hydrogen) atoms. The van der Waals surface area contributed by atoms with Crippen molar-refractivity contribution in [3.63, 3.8) is 0 Å². The van der Waals surface area contributed by atoms with Crippen molar-refractivity contribution in [1.82, 2.24) is 10.2 Å². The third-order valence-corrected chi connectivity index (χ3v) is 3.75. The molecule has 0 aliphatic rings. The molecular weight excluding hydrogens is 340 g/mol. The van der Waals surface area contributed by atoms with Crippen molar-refractivity contribution in [2.45, 2.75) is 53.0 Å². The number of benzene rings is 1. The SMILES string of the molecule is CCN(CC(=O)NC(C)(C)C)C(=O)CCCOc1ccc(Cl)cc1C. The van der Waals surface area contributed by atoms with Gasteiger partial charge in [-0.15, -0.1) is 0 Å². The molecule has 1 aromatic carbocycles. The largest absolute Gasteiger partial charge is 0.493 e. The maximum atomic E-state index is 12.3. The topological polar surface area (TPSA) is 58.6 Å². The molecule has 1 rings (SSSR count). The van der Waals surface area contributed by atoms with E-state index in [1.165, 1.54) is 0 Å². The number of nitrogens with zero attached hydrogens (tertiary/aromatic N) is 1. The molecule has 0 atom stereocenters. The molecule has 0 saturated carbocycles. The van der Waals surface area contributed by atoms with E-state index in [0.29, 0.717) is 31.0 Å². The minimum Gasteiger partial charge on any atom is -0.493 e. The van der Waals surface area contributed by atoms with Gasteiger partial charge >= 0.3 is 0 Å². The third-order valence-electron chi connectivity index (χ3n) is 3.51. The van der Waals surface area contributed by atoms with Gasteiger partial charge in [0, 0.05) is 23.5 Å². The Morgan fingerprint density at radius 2 is 1.96 bits per heavy atom. The van der Waals surface area contributed by atoms with Crippen LogP contribution in [0, 0.1) is 6.92 Å². The second kappa shape index (κ2) is 9.66. The number of carbonyl (C=O) groups is 2. The van der Waals surface area contributed by atoms with E-state index >= 15 is 0 Å². The zero-order valence-electron chi connectivity index (χ0n) is 15.8. The van der Waals surface area contributed by atoms with Gasteiger partial charge in [-0.3, -0.25) is 9.59 Å². The van der Waals surface area contributed by atoms with Crippen molar-refractivity contribution in [2.75, 3.05) is 19.7 Å². The van der Waals surface area contributed by atoms with Gasteiger partial charge in [-0.05, 0) is 64.8 Å². The fourth-order valence-corrected chi connectivity index (χ4v) is 2.57. The van der Waals surface area contributed by atoms with Crippen LogP contribution in [0.3, 0.4) is 0 Å². The molecule has 0 saturated heterocycles. The zero-order valence-corrected chi connectivity index (χ0v) is 16.6. The molecule has 0 aliphatic carbocycles. The Morgan fingerprint density at radius 3 is 2.52 bits per heavy atom. The van der Waals surface area contributed by atoms with E-state index < -0.39 is 0 Å². The highest BCUT2D eigenvalue weighted by Gasteiger charge is 2.19. The second-order valence-electron chi connectivity index (χ2n) is 7.07. The Balaban J connectivity index is 2.39. The zero-order chi connectivity index (χ0) is 19.0. The minimum absolute atomic E-state index is 0.0389. The number of rotatable bonds is 8. The average molecular weight is 369 g/mol. The average Bonchev–Trinajstić information content (AvgIpc) is 2.48. The van der Waals surface area contributed by atoms with Crippen molar-refractivity contribution in [3.05, 3.63) is 28.8 Å². The van der Waals surface area contributed by atoms with Gasteiger partial charge < -0.3 is 15.0 Å². The summed E-state index contributed by atoms with van der Waals surface area (Å²) in [7, 11) is 0. The van der Waals surface area contributed by atoms with Crippen LogP contribution >= 0.6 is 11.6 Å². The Bertz CT molecular complexity index is 597. The summed E-state index contributed by atoms with van der Waals surface area (Å²) in [4.78, 5) is 25.8. The molecule has 0 spiro atoms. The number of hydrogen-bond acceptors (Lipinski definition) is 3. The molecule has 0 radical (unpaired) electrons. The first-order chi connectivity index (χ1) is 11.6. The van der Waals surface area contributed by atoms with Crippen LogP contribution in [0.2, 0.25) is 5.02 Å². The molecule has 0 fully saturated rings. The number of hydrogen-bond donors (Lipinski definition) is 1. The summed E-state index contributed by atoms with van der Waals surface area (Å²) in [6.45, 7) is 10.6. The first kappa shape index (κ1) is 21.3. The number of carbonyl (C=O) groups excluding carboxylic acids is 2. The highest BCUT2D eigenvalue weighted by molar-refractivity contribution is 6.30. The lowest BCUT2D eigenvalue weighted by molar-refractivity contribution is -0.136. The van der Waals surface area contributed by atoms with Crippen molar-refractivity contribution >= 4 is 23.4 Å². The van der Waals surface area contributed by atoms with E-state index in [-0.39, 0.29) is 23.9 Å². The summed E-state index contributed by atoms with van der Waals surface area (Å²) in [6, 6.07) is 5.45. The normalized spacial score (nSPS) is 11.1. The van der Waals surface area contributed by atoms with E-state index in [1.807, 2.05) is 46.8 Å². The van der Waals surface area contributed by atoms with Crippen LogP contribution in [0.4, 0.5) is 0 Å². The molecule has 0 heterocycles. The summed E-state index contributed by atoms with van der Waals surface area (Å²) in [5, 5.41) is 3.54. The van der Waals surface area contributed by atoms with E-state index in [1.54, 1.807) is 11.0 Å². The molecule has 0 unspecified atom stereocenters. The van der Waals surface area contributed by atoms with Gasteiger partial charge in [0.05, 0.1) is 13.2 Å². The van der Waals surface area contributed by atoms with Crippen LogP contribution in [0.5, 0.6) is 5.75 Å². The Hall–Kier alpha value is -1.75. The van der Waals surface area contributed by atoms with Crippen molar-refractivity contribution in [1.29, 1.82) is 0 Å². The third kappa shape index (κ3) is 8.25. The quantitative estimate of drug-likeness (QED) is 0.713. The van der Waals surface area contributed by atoms with Crippen molar-refractivity contribution < 1.29 is 14.3 Å². The lowest BCUT2D eigenvalue weighted by Crippen LogP contribution is -2.47. The number of nitrogens with one attached hydrogen (secondary N) is 1. The summed E-state index contributed by atoms with van der Waals surface area (Å²) in [6.07, 6.45) is 0.946. The standard InChI is InChI=1S/C19H29ClN2O3/c1-6-22(13-17(23)21-19(3,4)5)18(24)8-7-11-25-16-10-9-15(20)12-14(16)2/h9-10,12H,6-8,11,13H2,1-5H3,(H,21,23). The van der Waals surface area contributed by atoms with Gasteiger partial charge in [0.1, 0.15) is 5.75 Å². The molecule has 0 aromatic heterocycles. The van der Waals surface area contributed by atoms with Crippen LogP contribution in [0.1, 0.15) is 46.1 Å². The van der Waals surface area contributed by atoms with Crippen LogP contribution in [0.25, 0.3) is 0 Å². The van der Waals surface area contributed by atoms with E-state index in [0.717, 1.165) is 11.3 Å². The van der Waals surface area contributed by atoms with Crippen molar-refractivity contribution in [2.24, 2.45) is 0 Å². The lowest BCUT2D eigenvalue weighted by Gasteiger charge is -2.25. The minimum atomic E-state index is -0.302. The summed E-state index contributed by atoms with van der Waals surface area (Å²) in [5.41, 5.74) is 0.664. The van der Waals surface area contributed by atoms with Crippen LogP contribution < -0.4 is 10.1 Å². The molecular formula is C19H29ClN2O3. The van der Waals surface area contributed by atoms with Crippen LogP contribution in [-0.2, 0) is 9.59 Å². The van der Waals surface area contributed by atoms with E-state index in [4.69, 9.17) is 16.3 Å². The molecule has 1 aromatic rings. The summed E-state index contributed by atoms with van der Waals surface area (Å²) < 4.78 is 5.69. The van der Waals surface area contributed by atoms with Crippen molar-refractivity contribution in [3.8, 4) is 5.75 Å². The lowest BCUT2D eigenvalue weighted by atomic mass is 10.1. The Labute approximate surface area is 155 Å². The first-order valence-corrected chi connectivity index (χ1v) is 8.98. The predicted molar refractivity (Wildman–Crippen MR) is 101 cm³/mol. The Kier molecular flexibility index (Phi) is 8.23. The molecule has 2 amide bonds. The van der Waals surface area contributed by atoms with Gasteiger partial charge in [0.2, 0.25) is 11.8 Å². The molecule has 0 aliphatic heterocycles. The summed E-state index contributed by atoms with van der Waals surface area (Å²) >= 11 is 5.91. The van der Waals surface area contributed by atoms with Crippen LogP contribution in [0.15, 0.2) is 18.2 Å². The highest BCUT2D eigenvalue weighted by Crippen LogP contribution is 2.21. The fraction of sp³-hybridized carbons (Fsp3) is 0.579. The number of halogens is 1. The van der Waals surface area contributed by atoms with Gasteiger partial charge in [-0.1, -0.05) is 11.6 Å². The number of amides is 2. The second-order valence-corrected chi connectivity index (χ2v) is 7.50. The maximum Gasteiger partial charge on any atom is 0.240 e. The smallest absolute Gasteiger partial charge is 0.240 e. The fourth-order valence-electron chi connectivity index (χ4n) is 2.35. The molecule has 6 heteroatoms.